The summed E-state index contributed by atoms with van der Waals surface area (Å²) in [5.41, 5.74) is 0.300. The Morgan fingerprint density at radius 2 is 1.91 bits per heavy atom. The molecule has 1 aromatic heterocycles. The summed E-state index contributed by atoms with van der Waals surface area (Å²) >= 11 is 0. The van der Waals surface area contributed by atoms with Crippen molar-refractivity contribution in [2.75, 3.05) is 0 Å². The van der Waals surface area contributed by atoms with Gasteiger partial charge in [0.1, 0.15) is 5.82 Å². The Labute approximate surface area is 124 Å². The van der Waals surface area contributed by atoms with Crippen LogP contribution in [0.2, 0.25) is 0 Å². The summed E-state index contributed by atoms with van der Waals surface area (Å²) < 4.78 is 38.2. The molecule has 0 radical (unpaired) electrons. The predicted molar refractivity (Wildman–Crippen MR) is 72.7 cm³/mol. The summed E-state index contributed by atoms with van der Waals surface area (Å²) in [7, 11) is 0. The lowest BCUT2D eigenvalue weighted by Crippen LogP contribution is -2.11. The zero-order valence-electron chi connectivity index (χ0n) is 11.9. The zero-order valence-corrected chi connectivity index (χ0v) is 11.9. The Balaban J connectivity index is 2.42. The van der Waals surface area contributed by atoms with Gasteiger partial charge in [0.05, 0.1) is 11.3 Å². The van der Waals surface area contributed by atoms with Crippen molar-refractivity contribution in [1.82, 2.24) is 9.97 Å². The monoisotopic (exact) mass is 310 g/mol. The molecule has 0 aliphatic rings. The summed E-state index contributed by atoms with van der Waals surface area (Å²) in [6, 6.07) is 4.90. The first kappa shape index (κ1) is 15.9. The van der Waals surface area contributed by atoms with Crippen LogP contribution in [0.4, 0.5) is 13.2 Å². The average molecular weight is 310 g/mol. The molecule has 0 spiro atoms. The average Bonchev–Trinajstić information content (AvgIpc) is 2.41. The third kappa shape index (κ3) is 3.41. The van der Waals surface area contributed by atoms with E-state index in [2.05, 4.69) is 9.97 Å². The lowest BCUT2D eigenvalue weighted by Gasteiger charge is -2.11. The van der Waals surface area contributed by atoms with E-state index >= 15 is 0 Å². The molecule has 0 atom stereocenters. The van der Waals surface area contributed by atoms with Gasteiger partial charge in [-0.25, -0.2) is 14.8 Å². The lowest BCUT2D eigenvalue weighted by molar-refractivity contribution is -0.137. The molecule has 1 heterocycles. The molecule has 0 fully saturated rings. The van der Waals surface area contributed by atoms with Crippen LogP contribution in [0.3, 0.4) is 0 Å². The van der Waals surface area contributed by atoms with Crippen LogP contribution in [-0.4, -0.2) is 21.0 Å². The number of nitrogens with zero attached hydrogens (tertiary/aromatic N) is 2. The highest BCUT2D eigenvalue weighted by Gasteiger charge is 2.30. The van der Waals surface area contributed by atoms with Crippen molar-refractivity contribution in [3.63, 3.8) is 0 Å². The van der Waals surface area contributed by atoms with Crippen LogP contribution in [-0.2, 0) is 12.6 Å². The van der Waals surface area contributed by atoms with E-state index in [1.54, 1.807) is 19.9 Å². The Kier molecular flexibility index (Phi) is 4.16. The topological polar surface area (TPSA) is 63.1 Å². The number of aromatic nitrogens is 2. The maximum atomic E-state index is 12.7. The zero-order chi connectivity index (χ0) is 16.5. The highest BCUT2D eigenvalue weighted by Crippen LogP contribution is 2.30. The Morgan fingerprint density at radius 1 is 1.23 bits per heavy atom. The minimum Gasteiger partial charge on any atom is -0.477 e. The SMILES string of the molecule is Cc1nc(Cc2cccc(C(F)(F)F)c2)c(C)c(C(=O)O)n1. The molecule has 1 N–H and O–H groups in total. The minimum atomic E-state index is -4.42. The van der Waals surface area contributed by atoms with E-state index in [-0.39, 0.29) is 17.9 Å². The molecular weight excluding hydrogens is 297 g/mol. The fourth-order valence-electron chi connectivity index (χ4n) is 2.12. The normalized spacial score (nSPS) is 11.5. The number of hydrogen-bond donors (Lipinski definition) is 1. The van der Waals surface area contributed by atoms with E-state index in [1.165, 1.54) is 6.07 Å². The van der Waals surface area contributed by atoms with Crippen LogP contribution in [0.5, 0.6) is 0 Å². The quantitative estimate of drug-likeness (QED) is 0.943. The van der Waals surface area contributed by atoms with Gasteiger partial charge in [-0.15, -0.1) is 0 Å². The fraction of sp³-hybridized carbons (Fsp3) is 0.267. The van der Waals surface area contributed by atoms with Gasteiger partial charge in [0.15, 0.2) is 5.69 Å². The standard InChI is InChI=1S/C15H13F3N2O2/c1-8-12(19-9(2)20-13(8)14(21)22)7-10-4-3-5-11(6-10)15(16,17)18/h3-6H,7H2,1-2H3,(H,21,22). The molecule has 0 aliphatic heterocycles. The van der Waals surface area contributed by atoms with Gasteiger partial charge in [-0.05, 0) is 25.5 Å². The molecule has 0 saturated carbocycles. The van der Waals surface area contributed by atoms with Crippen molar-refractivity contribution in [2.24, 2.45) is 0 Å². The van der Waals surface area contributed by atoms with Crippen LogP contribution in [0, 0.1) is 13.8 Å². The van der Waals surface area contributed by atoms with Crippen LogP contribution in [0.15, 0.2) is 24.3 Å². The molecule has 22 heavy (non-hydrogen) atoms. The first-order valence-corrected chi connectivity index (χ1v) is 6.42. The summed E-state index contributed by atoms with van der Waals surface area (Å²) in [6.45, 7) is 3.09. The number of aromatic carboxylic acids is 1. The number of carboxylic acid groups (broad SMARTS) is 1. The second-order valence-electron chi connectivity index (χ2n) is 4.87. The molecule has 0 unspecified atom stereocenters. The second kappa shape index (κ2) is 5.75. The predicted octanol–water partition coefficient (Wildman–Crippen LogP) is 3.40. The first-order valence-electron chi connectivity index (χ1n) is 6.42. The first-order chi connectivity index (χ1) is 10.2. The van der Waals surface area contributed by atoms with E-state index in [0.717, 1.165) is 12.1 Å². The number of alkyl halides is 3. The van der Waals surface area contributed by atoms with Crippen molar-refractivity contribution in [1.29, 1.82) is 0 Å². The number of halogens is 3. The van der Waals surface area contributed by atoms with Crippen molar-refractivity contribution in [2.45, 2.75) is 26.4 Å². The molecule has 2 aromatic rings. The molecule has 0 aliphatic carbocycles. The van der Waals surface area contributed by atoms with Crippen molar-refractivity contribution >= 4 is 5.97 Å². The van der Waals surface area contributed by atoms with E-state index < -0.39 is 17.7 Å². The molecule has 0 saturated heterocycles. The highest BCUT2D eigenvalue weighted by atomic mass is 19.4. The van der Waals surface area contributed by atoms with Crippen molar-refractivity contribution in [3.05, 3.63) is 58.2 Å². The number of carboxylic acids is 1. The maximum Gasteiger partial charge on any atom is 0.416 e. The van der Waals surface area contributed by atoms with Crippen molar-refractivity contribution in [3.8, 4) is 0 Å². The Bertz CT molecular complexity index is 727. The maximum absolute atomic E-state index is 12.7. The summed E-state index contributed by atoms with van der Waals surface area (Å²) in [5.74, 6) is -0.918. The van der Waals surface area contributed by atoms with Gasteiger partial charge in [0.25, 0.3) is 0 Å². The molecular formula is C15H13F3N2O2. The van der Waals surface area contributed by atoms with Crippen LogP contribution in [0.25, 0.3) is 0 Å². The largest absolute Gasteiger partial charge is 0.477 e. The van der Waals surface area contributed by atoms with Gasteiger partial charge in [0.2, 0.25) is 0 Å². The highest BCUT2D eigenvalue weighted by molar-refractivity contribution is 5.87. The molecule has 4 nitrogen and oxygen atoms in total. The van der Waals surface area contributed by atoms with Gasteiger partial charge in [-0.2, -0.15) is 13.2 Å². The van der Waals surface area contributed by atoms with E-state index in [9.17, 15) is 18.0 Å². The number of aryl methyl sites for hydroxylation is 1. The van der Waals surface area contributed by atoms with Gasteiger partial charge >= 0.3 is 12.1 Å². The number of hydrogen-bond acceptors (Lipinski definition) is 3. The third-order valence-corrected chi connectivity index (χ3v) is 3.19. The van der Waals surface area contributed by atoms with E-state index in [0.29, 0.717) is 16.8 Å². The summed E-state index contributed by atoms with van der Waals surface area (Å²) in [6.07, 6.45) is -4.31. The van der Waals surface area contributed by atoms with E-state index in [1.807, 2.05) is 0 Å². The van der Waals surface area contributed by atoms with Crippen LogP contribution in [0.1, 0.15) is 38.7 Å². The fourth-order valence-corrected chi connectivity index (χ4v) is 2.12. The smallest absolute Gasteiger partial charge is 0.416 e. The molecule has 7 heteroatoms. The lowest BCUT2D eigenvalue weighted by atomic mass is 10.0. The van der Waals surface area contributed by atoms with Gasteiger partial charge in [-0.1, -0.05) is 18.2 Å². The van der Waals surface area contributed by atoms with Gasteiger partial charge in [-0.3, -0.25) is 0 Å². The van der Waals surface area contributed by atoms with E-state index in [4.69, 9.17) is 5.11 Å². The Morgan fingerprint density at radius 3 is 2.50 bits per heavy atom. The summed E-state index contributed by atoms with van der Waals surface area (Å²) in [5, 5.41) is 9.09. The molecule has 116 valence electrons. The molecule has 2 rings (SSSR count). The Hall–Kier alpha value is -2.44. The number of rotatable bonds is 3. The van der Waals surface area contributed by atoms with Crippen LogP contribution < -0.4 is 0 Å². The van der Waals surface area contributed by atoms with Gasteiger partial charge < -0.3 is 5.11 Å². The summed E-state index contributed by atoms with van der Waals surface area (Å²) in [4.78, 5) is 19.1. The number of carbonyl (C=O) groups is 1. The second-order valence-corrected chi connectivity index (χ2v) is 4.87. The minimum absolute atomic E-state index is 0.111. The van der Waals surface area contributed by atoms with Crippen molar-refractivity contribution < 1.29 is 23.1 Å². The molecule has 1 aromatic carbocycles. The molecule has 0 amide bonds. The van der Waals surface area contributed by atoms with Gasteiger partial charge in [0, 0.05) is 12.0 Å². The molecule has 0 bridgehead atoms. The number of benzene rings is 1. The van der Waals surface area contributed by atoms with Crippen LogP contribution >= 0.6 is 0 Å². The third-order valence-electron chi connectivity index (χ3n) is 3.19.